The summed E-state index contributed by atoms with van der Waals surface area (Å²) in [7, 11) is 0. The van der Waals surface area contributed by atoms with Crippen LogP contribution in [0.15, 0.2) is 36.5 Å². The molecule has 0 radical (unpaired) electrons. The first kappa shape index (κ1) is 28.9. The van der Waals surface area contributed by atoms with Crippen LogP contribution in [-0.2, 0) is 10.9 Å². The summed E-state index contributed by atoms with van der Waals surface area (Å²) in [6.45, 7) is 7.81. The number of hydrogen-bond donors (Lipinski definition) is 1. The number of rotatable bonds is 3. The Morgan fingerprint density at radius 2 is 1.71 bits per heavy atom. The van der Waals surface area contributed by atoms with Crippen molar-refractivity contribution in [2.75, 3.05) is 40.9 Å². The van der Waals surface area contributed by atoms with Gasteiger partial charge in [-0.05, 0) is 82.6 Å². The van der Waals surface area contributed by atoms with Crippen molar-refractivity contribution in [1.29, 1.82) is 5.26 Å². The lowest BCUT2D eigenvalue weighted by Gasteiger charge is -2.47. The zero-order valence-corrected chi connectivity index (χ0v) is 23.8. The molecule has 0 bridgehead atoms. The summed E-state index contributed by atoms with van der Waals surface area (Å²) < 4.78 is 46.4. The second-order valence-electron chi connectivity index (χ2n) is 11.5. The van der Waals surface area contributed by atoms with E-state index in [0.717, 1.165) is 24.4 Å². The van der Waals surface area contributed by atoms with Gasteiger partial charge >= 0.3 is 12.3 Å². The summed E-state index contributed by atoms with van der Waals surface area (Å²) in [5, 5.41) is 20.7. The number of anilines is 3. The van der Waals surface area contributed by atoms with Crippen LogP contribution >= 0.6 is 12.2 Å². The minimum Gasteiger partial charge on any atom is -0.444 e. The molecule has 1 aromatic heterocycles. The molecule has 1 spiro atoms. The molecule has 2 aliphatic heterocycles. The van der Waals surface area contributed by atoms with E-state index in [1.165, 1.54) is 11.0 Å². The van der Waals surface area contributed by atoms with Gasteiger partial charge in [0.2, 0.25) is 0 Å². The second-order valence-corrected chi connectivity index (χ2v) is 11.9. The number of ether oxygens (including phenoxy) is 1. The van der Waals surface area contributed by atoms with Crippen molar-refractivity contribution in [3.05, 3.63) is 47.8 Å². The van der Waals surface area contributed by atoms with E-state index in [0.29, 0.717) is 44.7 Å². The highest BCUT2D eigenvalue weighted by Crippen LogP contribution is 2.50. The molecule has 1 unspecified atom stereocenters. The van der Waals surface area contributed by atoms with E-state index >= 15 is 0 Å². The SMILES string of the molecule is CC(C)(C)OC(=O)N1CCN(c2ccc(N3C(=S)N(c4cnc(C#N)c(C(F)(F)F)c4)C(O)C34CCC4)cc2)CC1. The molecule has 218 valence electrons. The summed E-state index contributed by atoms with van der Waals surface area (Å²) in [4.78, 5) is 23.1. The highest BCUT2D eigenvalue weighted by molar-refractivity contribution is 7.80. The van der Waals surface area contributed by atoms with Gasteiger partial charge in [0, 0.05) is 37.6 Å². The molecule has 3 fully saturated rings. The number of piperazine rings is 1. The van der Waals surface area contributed by atoms with Gasteiger partial charge in [-0.25, -0.2) is 9.78 Å². The topological polar surface area (TPSA) is 96.2 Å². The number of aromatic nitrogens is 1. The van der Waals surface area contributed by atoms with Gasteiger partial charge in [-0.1, -0.05) is 0 Å². The van der Waals surface area contributed by atoms with Gasteiger partial charge in [0.25, 0.3) is 0 Å². The molecule has 41 heavy (non-hydrogen) atoms. The molecule has 3 aliphatic rings. The maximum Gasteiger partial charge on any atom is 0.419 e. The van der Waals surface area contributed by atoms with E-state index in [2.05, 4.69) is 9.88 Å². The normalized spacial score (nSPS) is 20.7. The van der Waals surface area contributed by atoms with Crippen LogP contribution in [0.1, 0.15) is 51.3 Å². The first-order valence-corrected chi connectivity index (χ1v) is 13.8. The van der Waals surface area contributed by atoms with Crippen molar-refractivity contribution >= 4 is 40.5 Å². The van der Waals surface area contributed by atoms with Gasteiger partial charge < -0.3 is 24.5 Å². The van der Waals surface area contributed by atoms with Crippen LogP contribution in [-0.4, -0.2) is 69.7 Å². The van der Waals surface area contributed by atoms with Crippen molar-refractivity contribution < 1.29 is 27.8 Å². The van der Waals surface area contributed by atoms with Gasteiger partial charge in [0.1, 0.15) is 11.7 Å². The van der Waals surface area contributed by atoms with E-state index in [1.807, 2.05) is 49.9 Å². The first-order chi connectivity index (χ1) is 19.2. The maximum atomic E-state index is 13.6. The Morgan fingerprint density at radius 3 is 2.22 bits per heavy atom. The zero-order chi connectivity index (χ0) is 29.7. The molecule has 3 heterocycles. The Labute approximate surface area is 241 Å². The lowest BCUT2D eigenvalue weighted by atomic mass is 9.74. The van der Waals surface area contributed by atoms with E-state index in [4.69, 9.17) is 22.2 Å². The number of hydrogen-bond acceptors (Lipinski definition) is 7. The van der Waals surface area contributed by atoms with Crippen LogP contribution in [0.5, 0.6) is 0 Å². The third-order valence-corrected chi connectivity index (χ3v) is 8.13. The van der Waals surface area contributed by atoms with Gasteiger partial charge in [0.15, 0.2) is 17.0 Å². The Kier molecular flexibility index (Phi) is 7.28. The predicted molar refractivity (Wildman–Crippen MR) is 151 cm³/mol. The van der Waals surface area contributed by atoms with E-state index in [9.17, 15) is 23.1 Å². The highest BCUT2D eigenvalue weighted by Gasteiger charge is 2.59. The summed E-state index contributed by atoms with van der Waals surface area (Å²) in [6, 6.07) is 9.94. The van der Waals surface area contributed by atoms with Crippen LogP contribution in [0.4, 0.5) is 35.0 Å². The molecule has 1 atom stereocenters. The number of nitriles is 1. The number of aliphatic hydroxyl groups is 1. The number of carbonyl (C=O) groups is 1. The fraction of sp³-hybridized carbons (Fsp3) is 0.500. The number of amides is 1. The molecule has 1 amide bonds. The summed E-state index contributed by atoms with van der Waals surface area (Å²) in [5.74, 6) is 0. The number of pyridine rings is 1. The summed E-state index contributed by atoms with van der Waals surface area (Å²) in [5.41, 5.74) is -1.62. The molecule has 13 heteroatoms. The third-order valence-electron chi connectivity index (χ3n) is 7.75. The number of alkyl halides is 3. The molecule has 1 N–H and O–H groups in total. The summed E-state index contributed by atoms with van der Waals surface area (Å²) in [6.07, 6.45) is -3.13. The lowest BCUT2D eigenvalue weighted by Crippen LogP contribution is -2.57. The monoisotopic (exact) mass is 588 g/mol. The molecule has 1 aliphatic carbocycles. The number of benzene rings is 1. The van der Waals surface area contributed by atoms with E-state index < -0.39 is 34.8 Å². The minimum absolute atomic E-state index is 0.0259. The average Bonchev–Trinajstić information content (AvgIpc) is 3.13. The lowest BCUT2D eigenvalue weighted by molar-refractivity contribution is -0.138. The van der Waals surface area contributed by atoms with Gasteiger partial charge in [-0.2, -0.15) is 18.4 Å². The van der Waals surface area contributed by atoms with Crippen LogP contribution < -0.4 is 14.7 Å². The Bertz CT molecular complexity index is 1380. The number of halogens is 3. The molecule has 2 aromatic rings. The molecule has 9 nitrogen and oxygen atoms in total. The fourth-order valence-corrected chi connectivity index (χ4v) is 6.07. The number of aliphatic hydroxyl groups excluding tert-OH is 1. The number of carbonyl (C=O) groups excluding carboxylic acids is 1. The zero-order valence-electron chi connectivity index (χ0n) is 23.0. The van der Waals surface area contributed by atoms with Gasteiger partial charge in [0.05, 0.1) is 23.0 Å². The molecular formula is C28H31F3N6O3S. The third kappa shape index (κ3) is 5.26. The van der Waals surface area contributed by atoms with Gasteiger partial charge in [-0.15, -0.1) is 0 Å². The molecular weight excluding hydrogens is 557 g/mol. The minimum atomic E-state index is -4.79. The largest absolute Gasteiger partial charge is 0.444 e. The van der Waals surface area contributed by atoms with Crippen LogP contribution in [0.2, 0.25) is 0 Å². The summed E-state index contributed by atoms with van der Waals surface area (Å²) >= 11 is 5.74. The molecule has 1 aromatic carbocycles. The second kappa shape index (κ2) is 10.3. The van der Waals surface area contributed by atoms with E-state index in [-0.39, 0.29) is 16.9 Å². The average molecular weight is 589 g/mol. The molecule has 2 saturated heterocycles. The van der Waals surface area contributed by atoms with E-state index in [1.54, 1.807) is 4.90 Å². The predicted octanol–water partition coefficient (Wildman–Crippen LogP) is 4.88. The molecule has 5 rings (SSSR count). The maximum absolute atomic E-state index is 13.6. The highest BCUT2D eigenvalue weighted by atomic mass is 32.1. The number of nitrogens with zero attached hydrogens (tertiary/aromatic N) is 6. The van der Waals surface area contributed by atoms with Crippen molar-refractivity contribution in [1.82, 2.24) is 9.88 Å². The Hall–Kier alpha value is -3.63. The standard InChI is InChI=1S/C28H31F3N6O3S/c1-26(2,3)40-25(39)35-13-11-34(12-14-35)18-5-7-19(8-6-18)37-24(41)36(23(38)27(37)9-4-10-27)20-15-21(28(29,30)31)22(16-32)33-17-20/h5-8,15,17,23,38H,4,9-14H2,1-3H3. The molecule has 1 saturated carbocycles. The quantitative estimate of drug-likeness (QED) is 0.504. The van der Waals surface area contributed by atoms with Crippen molar-refractivity contribution in [3.63, 3.8) is 0 Å². The van der Waals surface area contributed by atoms with Crippen molar-refractivity contribution in [3.8, 4) is 6.07 Å². The Balaban J connectivity index is 1.35. The van der Waals surface area contributed by atoms with Crippen LogP contribution in [0.3, 0.4) is 0 Å². The smallest absolute Gasteiger partial charge is 0.419 e. The van der Waals surface area contributed by atoms with Crippen molar-refractivity contribution in [2.45, 2.75) is 63.6 Å². The van der Waals surface area contributed by atoms with Crippen LogP contribution in [0.25, 0.3) is 0 Å². The Morgan fingerprint density at radius 1 is 1.10 bits per heavy atom. The van der Waals surface area contributed by atoms with Gasteiger partial charge in [-0.3, -0.25) is 4.90 Å². The van der Waals surface area contributed by atoms with Crippen LogP contribution in [0, 0.1) is 11.3 Å². The fourth-order valence-electron chi connectivity index (χ4n) is 5.58. The van der Waals surface area contributed by atoms with Crippen molar-refractivity contribution in [2.24, 2.45) is 0 Å². The first-order valence-electron chi connectivity index (χ1n) is 13.4. The number of thiocarbonyl (C=S) groups is 1.